The molecule has 2 fully saturated rings. The predicted molar refractivity (Wildman–Crippen MR) is 127 cm³/mol. The number of halogens is 2. The number of hydrogen-bond acceptors (Lipinski definition) is 5. The van der Waals surface area contributed by atoms with Crippen molar-refractivity contribution in [1.29, 1.82) is 0 Å². The van der Waals surface area contributed by atoms with Gasteiger partial charge in [-0.1, -0.05) is 23.2 Å². The number of hydrogen-bond donors (Lipinski definition) is 1. The van der Waals surface area contributed by atoms with Crippen LogP contribution in [0.4, 0.5) is 5.69 Å². The molecule has 0 bridgehead atoms. The van der Waals surface area contributed by atoms with Gasteiger partial charge in [0.2, 0.25) is 0 Å². The van der Waals surface area contributed by atoms with Crippen molar-refractivity contribution in [2.24, 2.45) is 5.92 Å². The van der Waals surface area contributed by atoms with Gasteiger partial charge in [0, 0.05) is 38.8 Å². The van der Waals surface area contributed by atoms with E-state index >= 15 is 0 Å². The lowest BCUT2D eigenvalue weighted by atomic mass is 9.94. The molecular weight excluding hydrogens is 449 g/mol. The second-order valence-corrected chi connectivity index (χ2v) is 9.57. The Morgan fingerprint density at radius 2 is 1.81 bits per heavy atom. The quantitative estimate of drug-likeness (QED) is 0.619. The number of benzene rings is 1. The minimum atomic E-state index is -0.918. The van der Waals surface area contributed by atoms with Gasteiger partial charge < -0.3 is 19.6 Å². The summed E-state index contributed by atoms with van der Waals surface area (Å²) in [6, 6.07) is 7.18. The minimum absolute atomic E-state index is 0.211. The summed E-state index contributed by atoms with van der Waals surface area (Å²) in [4.78, 5) is 20.5. The number of ether oxygens (including phenoxy) is 1. The molecule has 0 unspecified atom stereocenters. The van der Waals surface area contributed by atoms with Crippen molar-refractivity contribution >= 4 is 34.9 Å². The van der Waals surface area contributed by atoms with E-state index in [4.69, 9.17) is 27.9 Å². The van der Waals surface area contributed by atoms with Crippen LogP contribution in [0.5, 0.6) is 5.75 Å². The fourth-order valence-electron chi connectivity index (χ4n) is 4.60. The highest BCUT2D eigenvalue weighted by Gasteiger charge is 2.26. The van der Waals surface area contributed by atoms with Gasteiger partial charge >= 0.3 is 5.97 Å². The van der Waals surface area contributed by atoms with Gasteiger partial charge in [0.15, 0.2) is 0 Å². The van der Waals surface area contributed by atoms with E-state index in [0.717, 1.165) is 69.8 Å². The van der Waals surface area contributed by atoms with Gasteiger partial charge in [0.25, 0.3) is 0 Å². The fraction of sp³-hybridized carbons (Fsp3) is 0.500. The molecule has 8 heteroatoms. The molecule has 0 saturated carbocycles. The number of rotatable bonds is 6. The first-order valence-electron chi connectivity index (χ1n) is 11.2. The molecule has 3 heterocycles. The number of aromatic nitrogens is 1. The smallest absolute Gasteiger partial charge is 0.337 e. The van der Waals surface area contributed by atoms with E-state index in [2.05, 4.69) is 14.8 Å². The molecule has 0 amide bonds. The number of carboxylic acids is 1. The van der Waals surface area contributed by atoms with Gasteiger partial charge in [-0.25, -0.2) is 4.79 Å². The van der Waals surface area contributed by atoms with Crippen LogP contribution in [-0.4, -0.2) is 59.8 Å². The summed E-state index contributed by atoms with van der Waals surface area (Å²) < 4.78 is 6.10. The van der Waals surface area contributed by atoms with Crippen molar-refractivity contribution in [3.8, 4) is 5.75 Å². The molecule has 2 saturated heterocycles. The molecule has 1 N–H and O–H groups in total. The average molecular weight is 478 g/mol. The largest absolute Gasteiger partial charge is 0.490 e. The molecule has 1 aromatic heterocycles. The number of carboxylic acid groups (broad SMARTS) is 1. The van der Waals surface area contributed by atoms with Crippen molar-refractivity contribution < 1.29 is 14.6 Å². The van der Waals surface area contributed by atoms with Crippen LogP contribution in [0.25, 0.3) is 0 Å². The van der Waals surface area contributed by atoms with E-state index in [0.29, 0.717) is 21.7 Å². The highest BCUT2D eigenvalue weighted by molar-refractivity contribution is 6.42. The zero-order valence-corrected chi connectivity index (χ0v) is 19.8. The summed E-state index contributed by atoms with van der Waals surface area (Å²) in [6.07, 6.45) is 6.23. The van der Waals surface area contributed by atoms with Crippen molar-refractivity contribution in [3.63, 3.8) is 0 Å². The van der Waals surface area contributed by atoms with E-state index in [1.165, 1.54) is 0 Å². The molecule has 32 heavy (non-hydrogen) atoms. The number of carbonyl (C=O) groups is 1. The minimum Gasteiger partial charge on any atom is -0.490 e. The number of likely N-dealkylation sites (tertiary alicyclic amines) is 1. The standard InChI is InChI=1S/C24H29Cl2N3O3/c1-16-21(24(30)31)12-18(14-27-16)29-10-4-17(5-11-29)15-28-8-6-19(7-9-28)32-20-2-3-22(25)23(26)13-20/h2-3,12-14,17,19H,4-11,15H2,1H3,(H,30,31). The van der Waals surface area contributed by atoms with Gasteiger partial charge in [-0.15, -0.1) is 0 Å². The van der Waals surface area contributed by atoms with E-state index in [1.807, 2.05) is 6.07 Å². The first kappa shape index (κ1) is 23.1. The number of aromatic carboxylic acids is 1. The van der Waals surface area contributed by atoms with Crippen molar-refractivity contribution in [2.75, 3.05) is 37.6 Å². The number of piperidine rings is 2. The molecule has 0 radical (unpaired) electrons. The molecule has 0 atom stereocenters. The Labute approximate surface area is 199 Å². The SMILES string of the molecule is Cc1ncc(N2CCC(CN3CCC(Oc4ccc(Cl)c(Cl)c4)CC3)CC2)cc1C(=O)O. The molecule has 6 nitrogen and oxygen atoms in total. The van der Waals surface area contributed by atoms with Crippen LogP contribution in [-0.2, 0) is 0 Å². The lowest BCUT2D eigenvalue weighted by molar-refractivity contribution is 0.0695. The van der Waals surface area contributed by atoms with Crippen molar-refractivity contribution in [1.82, 2.24) is 9.88 Å². The predicted octanol–water partition coefficient (Wildman–Crippen LogP) is 5.15. The molecule has 172 valence electrons. The maximum absolute atomic E-state index is 11.4. The molecule has 0 aliphatic carbocycles. The number of anilines is 1. The maximum atomic E-state index is 11.4. The van der Waals surface area contributed by atoms with E-state index < -0.39 is 5.97 Å². The second kappa shape index (κ2) is 10.3. The van der Waals surface area contributed by atoms with Gasteiger partial charge in [-0.2, -0.15) is 0 Å². The topological polar surface area (TPSA) is 65.9 Å². The maximum Gasteiger partial charge on any atom is 0.337 e. The molecule has 1 aromatic carbocycles. The van der Waals surface area contributed by atoms with Crippen LogP contribution in [0.15, 0.2) is 30.5 Å². The third-order valence-electron chi connectivity index (χ3n) is 6.53. The van der Waals surface area contributed by atoms with Crippen molar-refractivity contribution in [2.45, 2.75) is 38.7 Å². The molecule has 2 aliphatic rings. The molecule has 4 rings (SSSR count). The Morgan fingerprint density at radius 3 is 2.47 bits per heavy atom. The third kappa shape index (κ3) is 5.66. The summed E-state index contributed by atoms with van der Waals surface area (Å²) in [5.74, 6) is 0.524. The van der Waals surface area contributed by atoms with Gasteiger partial charge in [-0.3, -0.25) is 4.98 Å². The summed E-state index contributed by atoms with van der Waals surface area (Å²) in [5.41, 5.74) is 1.75. The highest BCUT2D eigenvalue weighted by Crippen LogP contribution is 2.29. The van der Waals surface area contributed by atoms with Gasteiger partial charge in [-0.05, 0) is 56.7 Å². The molecule has 2 aliphatic heterocycles. The Balaban J connectivity index is 1.22. The Morgan fingerprint density at radius 1 is 1.09 bits per heavy atom. The number of nitrogens with zero attached hydrogens (tertiary/aromatic N) is 3. The lowest BCUT2D eigenvalue weighted by Crippen LogP contribution is -2.43. The summed E-state index contributed by atoms with van der Waals surface area (Å²) in [5, 5.41) is 10.4. The fourth-order valence-corrected chi connectivity index (χ4v) is 4.89. The highest BCUT2D eigenvalue weighted by atomic mass is 35.5. The van der Waals surface area contributed by atoms with Crippen LogP contribution in [0.1, 0.15) is 41.7 Å². The average Bonchev–Trinajstić information content (AvgIpc) is 2.78. The van der Waals surface area contributed by atoms with Crippen LogP contribution in [0, 0.1) is 12.8 Å². The molecular formula is C24H29Cl2N3O3. The Kier molecular flexibility index (Phi) is 7.44. The summed E-state index contributed by atoms with van der Waals surface area (Å²) in [7, 11) is 0. The van der Waals surface area contributed by atoms with Crippen LogP contribution >= 0.6 is 23.2 Å². The van der Waals surface area contributed by atoms with Crippen LogP contribution < -0.4 is 9.64 Å². The monoisotopic (exact) mass is 477 g/mol. The first-order valence-corrected chi connectivity index (χ1v) is 11.9. The Bertz CT molecular complexity index is 956. The van der Waals surface area contributed by atoms with Crippen LogP contribution in [0.3, 0.4) is 0 Å². The van der Waals surface area contributed by atoms with Crippen molar-refractivity contribution in [3.05, 3.63) is 51.8 Å². The molecule has 2 aromatic rings. The number of aryl methyl sites for hydroxylation is 1. The van der Waals surface area contributed by atoms with E-state index in [9.17, 15) is 9.90 Å². The Hall–Kier alpha value is -2.02. The van der Waals surface area contributed by atoms with E-state index in [-0.39, 0.29) is 11.7 Å². The first-order chi connectivity index (χ1) is 15.4. The lowest BCUT2D eigenvalue weighted by Gasteiger charge is -2.38. The molecule has 0 spiro atoms. The summed E-state index contributed by atoms with van der Waals surface area (Å²) >= 11 is 12.1. The normalized spacial score (nSPS) is 18.7. The van der Waals surface area contributed by atoms with Gasteiger partial charge in [0.05, 0.1) is 33.2 Å². The van der Waals surface area contributed by atoms with E-state index in [1.54, 1.807) is 31.3 Å². The van der Waals surface area contributed by atoms with Gasteiger partial charge in [0.1, 0.15) is 11.9 Å². The third-order valence-corrected chi connectivity index (χ3v) is 7.27. The zero-order valence-electron chi connectivity index (χ0n) is 18.3. The second-order valence-electron chi connectivity index (χ2n) is 8.76. The summed E-state index contributed by atoms with van der Waals surface area (Å²) in [6.45, 7) is 6.79. The zero-order chi connectivity index (χ0) is 22.7. The number of pyridine rings is 1. The van der Waals surface area contributed by atoms with Crippen LogP contribution in [0.2, 0.25) is 10.0 Å².